The number of nitrogens with zero attached hydrogens (tertiary/aromatic N) is 3. The topological polar surface area (TPSA) is 75.9 Å². The molecule has 0 radical (unpaired) electrons. The molecule has 7 heteroatoms. The smallest absolute Gasteiger partial charge is 0.407 e. The van der Waals surface area contributed by atoms with Crippen molar-refractivity contribution in [2.45, 2.75) is 39.2 Å². The molecular weight excluding hydrogens is 332 g/mol. The molecule has 1 saturated heterocycles. The minimum atomic E-state index is -0.512. The highest BCUT2D eigenvalue weighted by molar-refractivity contribution is 5.99. The number of ether oxygens (including phenoxy) is 1. The summed E-state index contributed by atoms with van der Waals surface area (Å²) in [5, 5.41) is 2.82. The van der Waals surface area contributed by atoms with E-state index in [1.807, 2.05) is 54.6 Å². The largest absolute Gasteiger partial charge is 0.444 e. The van der Waals surface area contributed by atoms with E-state index in [-0.39, 0.29) is 11.8 Å². The number of piperidine rings is 1. The van der Waals surface area contributed by atoms with Crippen LogP contribution >= 0.6 is 0 Å². The molecule has 1 unspecified atom stereocenters. The summed E-state index contributed by atoms with van der Waals surface area (Å²) in [5.74, 6) is 0.212. The zero-order chi connectivity index (χ0) is 18.7. The molecule has 2 aromatic rings. The standard InChI is InChI=1S/C19H26N4O3/c1-19(2,3)26-18(25)21-12-14-6-4-10-23(13-14)17(24)15-7-5-9-22-11-8-20-16(15)22/h5,7-9,11,14H,4,6,10,12-13H2,1-3H3,(H,21,25). The van der Waals surface area contributed by atoms with Gasteiger partial charge in [0.2, 0.25) is 0 Å². The van der Waals surface area contributed by atoms with Gasteiger partial charge in [0, 0.05) is 38.2 Å². The van der Waals surface area contributed by atoms with Crippen molar-refractivity contribution >= 4 is 17.6 Å². The van der Waals surface area contributed by atoms with Gasteiger partial charge in [-0.05, 0) is 51.7 Å². The summed E-state index contributed by atoms with van der Waals surface area (Å²) in [6, 6.07) is 3.67. The van der Waals surface area contributed by atoms with Crippen molar-refractivity contribution in [1.29, 1.82) is 0 Å². The second-order valence-corrected chi connectivity index (χ2v) is 7.72. The monoisotopic (exact) mass is 358 g/mol. The van der Waals surface area contributed by atoms with Gasteiger partial charge >= 0.3 is 6.09 Å². The third-order valence-corrected chi connectivity index (χ3v) is 4.39. The summed E-state index contributed by atoms with van der Waals surface area (Å²) >= 11 is 0. The third kappa shape index (κ3) is 4.33. The average molecular weight is 358 g/mol. The number of hydrogen-bond donors (Lipinski definition) is 1. The molecule has 1 aliphatic rings. The lowest BCUT2D eigenvalue weighted by atomic mass is 9.97. The fraction of sp³-hybridized carbons (Fsp3) is 0.526. The summed E-state index contributed by atoms with van der Waals surface area (Å²) in [7, 11) is 0. The highest BCUT2D eigenvalue weighted by Gasteiger charge is 2.26. The van der Waals surface area contributed by atoms with Gasteiger partial charge in [0.25, 0.3) is 5.91 Å². The molecule has 7 nitrogen and oxygen atoms in total. The average Bonchev–Trinajstić information content (AvgIpc) is 3.07. The minimum Gasteiger partial charge on any atom is -0.444 e. The molecule has 1 N–H and O–H groups in total. The summed E-state index contributed by atoms with van der Waals surface area (Å²) in [5.41, 5.74) is 0.770. The molecule has 26 heavy (non-hydrogen) atoms. The molecule has 0 aliphatic carbocycles. The van der Waals surface area contributed by atoms with Gasteiger partial charge in [-0.2, -0.15) is 0 Å². The Morgan fingerprint density at radius 1 is 1.35 bits per heavy atom. The fourth-order valence-electron chi connectivity index (χ4n) is 3.24. The Labute approximate surface area is 153 Å². The molecule has 1 atom stereocenters. The van der Waals surface area contributed by atoms with E-state index in [1.54, 1.807) is 6.20 Å². The van der Waals surface area contributed by atoms with Gasteiger partial charge < -0.3 is 19.4 Å². The number of nitrogens with one attached hydrogen (secondary N) is 1. The normalized spacial score (nSPS) is 18.0. The second-order valence-electron chi connectivity index (χ2n) is 7.72. The Bertz CT molecular complexity index is 793. The quantitative estimate of drug-likeness (QED) is 0.915. The van der Waals surface area contributed by atoms with E-state index in [2.05, 4.69) is 10.3 Å². The lowest BCUT2D eigenvalue weighted by Crippen LogP contribution is -2.44. The number of hydrogen-bond acceptors (Lipinski definition) is 4. The van der Waals surface area contributed by atoms with E-state index in [0.29, 0.717) is 24.3 Å². The van der Waals surface area contributed by atoms with Gasteiger partial charge in [-0.15, -0.1) is 0 Å². The van der Waals surface area contributed by atoms with Crippen molar-refractivity contribution < 1.29 is 14.3 Å². The lowest BCUT2D eigenvalue weighted by molar-refractivity contribution is 0.0503. The molecule has 2 aromatic heterocycles. The minimum absolute atomic E-state index is 0.0104. The molecule has 3 heterocycles. The molecule has 2 amide bonds. The Kier molecular flexibility index (Phi) is 5.15. The van der Waals surface area contributed by atoms with E-state index in [4.69, 9.17) is 4.74 Å². The molecule has 140 valence electrons. The van der Waals surface area contributed by atoms with Crippen LogP contribution in [0.3, 0.4) is 0 Å². The summed E-state index contributed by atoms with van der Waals surface area (Å²) < 4.78 is 7.12. The van der Waals surface area contributed by atoms with Crippen molar-refractivity contribution in [3.05, 3.63) is 36.3 Å². The maximum absolute atomic E-state index is 12.9. The molecular formula is C19H26N4O3. The molecule has 1 fully saturated rings. The zero-order valence-corrected chi connectivity index (χ0v) is 15.6. The Balaban J connectivity index is 1.60. The number of alkyl carbamates (subject to hydrolysis) is 1. The highest BCUT2D eigenvalue weighted by atomic mass is 16.6. The van der Waals surface area contributed by atoms with Gasteiger partial charge in [-0.3, -0.25) is 4.79 Å². The molecule has 0 saturated carbocycles. The number of imidazole rings is 1. The van der Waals surface area contributed by atoms with Crippen LogP contribution in [0.15, 0.2) is 30.7 Å². The van der Waals surface area contributed by atoms with Crippen molar-refractivity contribution in [3.63, 3.8) is 0 Å². The molecule has 3 rings (SSSR count). The Morgan fingerprint density at radius 2 is 2.15 bits per heavy atom. The number of rotatable bonds is 3. The number of carbonyl (C=O) groups is 2. The van der Waals surface area contributed by atoms with Gasteiger partial charge in [-0.1, -0.05) is 0 Å². The summed E-state index contributed by atoms with van der Waals surface area (Å²) in [6.45, 7) is 7.36. The van der Waals surface area contributed by atoms with Gasteiger partial charge in [0.1, 0.15) is 11.2 Å². The molecule has 1 aliphatic heterocycles. The lowest BCUT2D eigenvalue weighted by Gasteiger charge is -2.33. The highest BCUT2D eigenvalue weighted by Crippen LogP contribution is 2.20. The van der Waals surface area contributed by atoms with Crippen LogP contribution in [0.5, 0.6) is 0 Å². The van der Waals surface area contributed by atoms with Crippen LogP contribution in [-0.4, -0.2) is 51.5 Å². The van der Waals surface area contributed by atoms with Crippen LogP contribution in [0, 0.1) is 5.92 Å². The van der Waals surface area contributed by atoms with Crippen LogP contribution in [0.25, 0.3) is 5.65 Å². The van der Waals surface area contributed by atoms with E-state index in [9.17, 15) is 9.59 Å². The first-order valence-electron chi connectivity index (χ1n) is 9.01. The van der Waals surface area contributed by atoms with Gasteiger partial charge in [0.05, 0.1) is 5.56 Å². The summed E-state index contributed by atoms with van der Waals surface area (Å²) in [6.07, 6.45) is 6.88. The van der Waals surface area contributed by atoms with E-state index >= 15 is 0 Å². The van der Waals surface area contributed by atoms with E-state index in [0.717, 1.165) is 19.4 Å². The van der Waals surface area contributed by atoms with Gasteiger partial charge in [0.15, 0.2) is 0 Å². The van der Waals surface area contributed by atoms with Crippen LogP contribution in [0.2, 0.25) is 0 Å². The molecule has 0 spiro atoms. The maximum Gasteiger partial charge on any atom is 0.407 e. The van der Waals surface area contributed by atoms with Crippen molar-refractivity contribution in [1.82, 2.24) is 19.6 Å². The van der Waals surface area contributed by atoms with Crippen LogP contribution in [-0.2, 0) is 4.74 Å². The fourth-order valence-corrected chi connectivity index (χ4v) is 3.24. The van der Waals surface area contributed by atoms with E-state index in [1.165, 1.54) is 0 Å². The predicted molar refractivity (Wildman–Crippen MR) is 98.1 cm³/mol. The SMILES string of the molecule is CC(C)(C)OC(=O)NCC1CCCN(C(=O)c2cccn3ccnc23)C1. The number of carbonyl (C=O) groups excluding carboxylic acids is 2. The number of aromatic nitrogens is 2. The van der Waals surface area contributed by atoms with Crippen molar-refractivity contribution in [2.24, 2.45) is 5.92 Å². The van der Waals surface area contributed by atoms with Crippen molar-refractivity contribution in [3.8, 4) is 0 Å². The number of amides is 2. The Hall–Kier alpha value is -2.57. The molecule has 0 bridgehead atoms. The van der Waals surface area contributed by atoms with Gasteiger partial charge in [-0.25, -0.2) is 9.78 Å². The first-order chi connectivity index (χ1) is 12.3. The predicted octanol–water partition coefficient (Wildman–Crippen LogP) is 2.71. The first-order valence-corrected chi connectivity index (χ1v) is 9.01. The molecule has 0 aromatic carbocycles. The van der Waals surface area contributed by atoms with Crippen molar-refractivity contribution in [2.75, 3.05) is 19.6 Å². The van der Waals surface area contributed by atoms with Crippen LogP contribution < -0.4 is 5.32 Å². The first kappa shape index (κ1) is 18.2. The number of likely N-dealkylation sites (tertiary alicyclic amines) is 1. The van der Waals surface area contributed by atoms with E-state index < -0.39 is 11.7 Å². The zero-order valence-electron chi connectivity index (χ0n) is 15.6. The maximum atomic E-state index is 12.9. The number of pyridine rings is 1. The Morgan fingerprint density at radius 3 is 2.92 bits per heavy atom. The number of fused-ring (bicyclic) bond motifs is 1. The summed E-state index contributed by atoms with van der Waals surface area (Å²) in [4.78, 5) is 30.9. The second kappa shape index (κ2) is 7.35. The third-order valence-electron chi connectivity index (χ3n) is 4.39. The van der Waals surface area contributed by atoms with Crippen LogP contribution in [0.1, 0.15) is 44.0 Å². The van der Waals surface area contributed by atoms with Crippen LogP contribution in [0.4, 0.5) is 4.79 Å².